The first-order valence-corrected chi connectivity index (χ1v) is 8.90. The lowest BCUT2D eigenvalue weighted by Crippen LogP contribution is -2.27. The topological polar surface area (TPSA) is 58.4 Å². The van der Waals surface area contributed by atoms with Crippen molar-refractivity contribution in [1.82, 2.24) is 9.78 Å². The fraction of sp³-hybridized carbons (Fsp3) is 0.474. The first-order chi connectivity index (χ1) is 13.0. The van der Waals surface area contributed by atoms with E-state index in [9.17, 15) is 27.5 Å². The molecule has 1 aromatic heterocycles. The average molecular weight is 401 g/mol. The van der Waals surface area contributed by atoms with Gasteiger partial charge in [0.15, 0.2) is 5.69 Å². The number of hydrogen-bond donors (Lipinski definition) is 1. The fourth-order valence-electron chi connectivity index (χ4n) is 3.12. The van der Waals surface area contributed by atoms with Crippen LogP contribution in [-0.2, 0) is 23.6 Å². The van der Waals surface area contributed by atoms with Gasteiger partial charge in [0.25, 0.3) is 0 Å². The first kappa shape index (κ1) is 21.9. The van der Waals surface area contributed by atoms with Gasteiger partial charge in [-0.25, -0.2) is 4.68 Å². The number of para-hydroxylation sites is 1. The number of aliphatic hydroxyl groups is 1. The van der Waals surface area contributed by atoms with Gasteiger partial charge in [0.1, 0.15) is 5.69 Å². The summed E-state index contributed by atoms with van der Waals surface area (Å²) in [5.41, 5.74) is -3.72. The molecule has 1 aromatic carbocycles. The molecule has 5 nitrogen and oxygen atoms in total. The number of unbranched alkanes of at least 4 members (excludes halogenated alkanes) is 2. The molecule has 0 saturated heterocycles. The molecule has 2 rings (SSSR count). The predicted molar refractivity (Wildman–Crippen MR) is 96.5 cm³/mol. The number of rotatable bonds is 8. The molecule has 9 heteroatoms. The summed E-state index contributed by atoms with van der Waals surface area (Å²) >= 11 is 0. The highest BCUT2D eigenvalue weighted by Crippen LogP contribution is 2.42. The number of anilines is 2. The summed E-state index contributed by atoms with van der Waals surface area (Å²) < 4.78 is 55.0. The highest BCUT2D eigenvalue weighted by Gasteiger charge is 2.42. The Hall–Kier alpha value is -2.42. The largest absolute Gasteiger partial charge is 0.437 e. The third-order valence-electron chi connectivity index (χ3n) is 4.58. The SMILES string of the molecule is CCCCCC(C)(O)c1ccccc1N(C=O)c1c(C(F)(F)F)nn(C)c1F. The molecule has 1 N–H and O–H groups in total. The van der Waals surface area contributed by atoms with E-state index in [-0.39, 0.29) is 17.7 Å². The Morgan fingerprint density at radius 1 is 1.25 bits per heavy atom. The van der Waals surface area contributed by atoms with Gasteiger partial charge in [-0.15, -0.1) is 0 Å². The third-order valence-corrected chi connectivity index (χ3v) is 4.58. The van der Waals surface area contributed by atoms with Crippen LogP contribution in [0.1, 0.15) is 50.8 Å². The number of halogens is 4. The van der Waals surface area contributed by atoms with Gasteiger partial charge in [0, 0.05) is 12.6 Å². The van der Waals surface area contributed by atoms with E-state index in [4.69, 9.17) is 0 Å². The number of hydrogen-bond acceptors (Lipinski definition) is 3. The smallest absolute Gasteiger partial charge is 0.385 e. The number of carbonyl (C=O) groups excluding carboxylic acids is 1. The van der Waals surface area contributed by atoms with Crippen molar-refractivity contribution in [2.24, 2.45) is 7.05 Å². The molecule has 2 aromatic rings. The van der Waals surface area contributed by atoms with E-state index in [2.05, 4.69) is 5.10 Å². The van der Waals surface area contributed by atoms with Crippen LogP contribution in [0, 0.1) is 5.95 Å². The summed E-state index contributed by atoms with van der Waals surface area (Å²) in [6, 6.07) is 5.98. The van der Waals surface area contributed by atoms with Crippen LogP contribution in [0.2, 0.25) is 0 Å². The summed E-state index contributed by atoms with van der Waals surface area (Å²) in [6.07, 6.45) is -2.05. The summed E-state index contributed by atoms with van der Waals surface area (Å²) in [5.74, 6) is -1.31. The molecule has 28 heavy (non-hydrogen) atoms. The quantitative estimate of drug-likeness (QED) is 0.398. The number of nitrogens with zero attached hydrogens (tertiary/aromatic N) is 3. The first-order valence-electron chi connectivity index (χ1n) is 8.90. The second-order valence-corrected chi connectivity index (χ2v) is 6.83. The monoisotopic (exact) mass is 401 g/mol. The lowest BCUT2D eigenvalue weighted by atomic mass is 9.88. The molecule has 0 bridgehead atoms. The van der Waals surface area contributed by atoms with E-state index in [0.29, 0.717) is 22.4 Å². The van der Waals surface area contributed by atoms with Crippen LogP contribution in [0.3, 0.4) is 0 Å². The van der Waals surface area contributed by atoms with Crippen LogP contribution in [-0.4, -0.2) is 21.3 Å². The Bertz CT molecular complexity index is 831. The van der Waals surface area contributed by atoms with Gasteiger partial charge in [0.05, 0.1) is 11.3 Å². The molecule has 0 aliphatic rings. The maximum absolute atomic E-state index is 14.5. The predicted octanol–water partition coefficient (Wildman–Crippen LogP) is 4.66. The minimum absolute atomic E-state index is 0.0311. The number of carbonyl (C=O) groups is 1. The molecule has 0 saturated carbocycles. The van der Waals surface area contributed by atoms with E-state index in [1.165, 1.54) is 25.1 Å². The zero-order valence-electron chi connectivity index (χ0n) is 15.9. The van der Waals surface area contributed by atoms with Gasteiger partial charge in [-0.05, 0) is 19.4 Å². The molecular formula is C19H23F4N3O2. The number of alkyl halides is 3. The molecule has 1 heterocycles. The molecule has 1 amide bonds. The summed E-state index contributed by atoms with van der Waals surface area (Å²) in [4.78, 5) is 12.3. The normalized spacial score (nSPS) is 14.0. The van der Waals surface area contributed by atoms with Gasteiger partial charge in [0.2, 0.25) is 12.4 Å². The van der Waals surface area contributed by atoms with Crippen LogP contribution >= 0.6 is 0 Å². The molecule has 154 valence electrons. The minimum atomic E-state index is -4.96. The molecule has 0 aliphatic carbocycles. The summed E-state index contributed by atoms with van der Waals surface area (Å²) in [6.45, 7) is 3.52. The van der Waals surface area contributed by atoms with Crippen molar-refractivity contribution in [1.29, 1.82) is 0 Å². The number of aromatic nitrogens is 2. The van der Waals surface area contributed by atoms with E-state index in [1.54, 1.807) is 6.07 Å². The van der Waals surface area contributed by atoms with E-state index < -0.39 is 29.1 Å². The second-order valence-electron chi connectivity index (χ2n) is 6.83. The van der Waals surface area contributed by atoms with E-state index in [0.717, 1.165) is 19.9 Å². The Morgan fingerprint density at radius 3 is 2.46 bits per heavy atom. The van der Waals surface area contributed by atoms with Crippen molar-refractivity contribution in [2.75, 3.05) is 4.90 Å². The molecule has 0 fully saturated rings. The maximum Gasteiger partial charge on any atom is 0.437 e. The molecule has 0 spiro atoms. The van der Waals surface area contributed by atoms with Crippen LogP contribution in [0.15, 0.2) is 24.3 Å². The van der Waals surface area contributed by atoms with E-state index >= 15 is 0 Å². The van der Waals surface area contributed by atoms with Gasteiger partial charge in [-0.2, -0.15) is 22.7 Å². The Balaban J connectivity index is 2.61. The van der Waals surface area contributed by atoms with Crippen LogP contribution in [0.5, 0.6) is 0 Å². The minimum Gasteiger partial charge on any atom is -0.385 e. The maximum atomic E-state index is 14.5. The molecule has 1 unspecified atom stereocenters. The van der Waals surface area contributed by atoms with Crippen molar-refractivity contribution >= 4 is 17.8 Å². The highest BCUT2D eigenvalue weighted by atomic mass is 19.4. The van der Waals surface area contributed by atoms with Gasteiger partial charge in [-0.3, -0.25) is 9.69 Å². The lowest BCUT2D eigenvalue weighted by molar-refractivity contribution is -0.140. The second kappa shape index (κ2) is 8.30. The van der Waals surface area contributed by atoms with E-state index in [1.807, 2.05) is 6.92 Å². The fourth-order valence-corrected chi connectivity index (χ4v) is 3.12. The van der Waals surface area contributed by atoms with Crippen LogP contribution in [0.4, 0.5) is 28.9 Å². The summed E-state index contributed by atoms with van der Waals surface area (Å²) in [5, 5.41) is 14.1. The van der Waals surface area contributed by atoms with Crippen molar-refractivity contribution in [2.45, 2.75) is 51.3 Å². The van der Waals surface area contributed by atoms with Gasteiger partial charge >= 0.3 is 6.18 Å². The number of amides is 1. The molecular weight excluding hydrogens is 378 g/mol. The Morgan fingerprint density at radius 2 is 1.89 bits per heavy atom. The van der Waals surface area contributed by atoms with Gasteiger partial charge < -0.3 is 5.11 Å². The molecule has 0 aliphatic heterocycles. The standard InChI is InChI=1S/C19H23F4N3O2/c1-4-5-8-11-18(2,28)13-9-6-7-10-14(13)26(12-27)15-16(19(21,22)23)24-25(3)17(15)20/h6-7,9-10,12,28H,4-5,8,11H2,1-3H3. The molecule has 0 radical (unpaired) electrons. The van der Waals surface area contributed by atoms with Crippen LogP contribution in [0.25, 0.3) is 0 Å². The van der Waals surface area contributed by atoms with Crippen molar-refractivity contribution < 1.29 is 27.5 Å². The van der Waals surface area contributed by atoms with Crippen molar-refractivity contribution in [3.63, 3.8) is 0 Å². The Labute approximate surface area is 160 Å². The van der Waals surface area contributed by atoms with Crippen molar-refractivity contribution in [3.05, 3.63) is 41.5 Å². The zero-order chi connectivity index (χ0) is 21.1. The lowest BCUT2D eigenvalue weighted by Gasteiger charge is -2.29. The van der Waals surface area contributed by atoms with Gasteiger partial charge in [-0.1, -0.05) is 44.4 Å². The summed E-state index contributed by atoms with van der Waals surface area (Å²) in [7, 11) is 1.02. The molecule has 1 atom stereocenters. The average Bonchev–Trinajstić information content (AvgIpc) is 2.92. The zero-order valence-corrected chi connectivity index (χ0v) is 15.9. The Kier molecular flexibility index (Phi) is 6.48. The third kappa shape index (κ3) is 4.35. The van der Waals surface area contributed by atoms with Crippen LogP contribution < -0.4 is 4.90 Å². The highest BCUT2D eigenvalue weighted by molar-refractivity contribution is 5.89. The number of benzene rings is 1. The number of aryl methyl sites for hydroxylation is 1. The van der Waals surface area contributed by atoms with Crippen molar-refractivity contribution in [3.8, 4) is 0 Å².